The number of nitrogens with one attached hydrogen (secondary N) is 1. The van der Waals surface area contributed by atoms with Crippen LogP contribution in [-0.4, -0.2) is 53.6 Å². The second kappa shape index (κ2) is 8.35. The lowest BCUT2D eigenvalue weighted by Crippen LogP contribution is -2.42. The summed E-state index contributed by atoms with van der Waals surface area (Å²) in [6.07, 6.45) is 9.50. The third-order valence-corrected chi connectivity index (χ3v) is 5.19. The van der Waals surface area contributed by atoms with E-state index in [1.54, 1.807) is 0 Å². The molecule has 2 aliphatic rings. The molecule has 2 fully saturated rings. The number of hydrogen-bond acceptors (Lipinski definition) is 5. The summed E-state index contributed by atoms with van der Waals surface area (Å²) in [6, 6.07) is 2.55. The molecule has 25 heavy (non-hydrogen) atoms. The molecule has 1 N–H and O–H groups in total. The number of rotatable bonds is 4. The number of aromatic nitrogens is 2. The lowest BCUT2D eigenvalue weighted by Gasteiger charge is -2.36. The third-order valence-electron chi connectivity index (χ3n) is 5.19. The molecule has 1 aromatic rings. The Morgan fingerprint density at radius 1 is 1.04 bits per heavy atom. The molecular formula is C20H35N5. The molecule has 0 saturated carbocycles. The highest BCUT2D eigenvalue weighted by Gasteiger charge is 2.23. The van der Waals surface area contributed by atoms with Crippen LogP contribution in [0.2, 0.25) is 0 Å². The van der Waals surface area contributed by atoms with Crippen molar-refractivity contribution in [2.24, 2.45) is 5.41 Å². The highest BCUT2D eigenvalue weighted by atomic mass is 15.2. The first kappa shape index (κ1) is 18.4. The fourth-order valence-corrected chi connectivity index (χ4v) is 3.98. The number of piperidine rings is 1. The Bertz CT molecular complexity index is 523. The molecule has 0 aromatic carbocycles. The van der Waals surface area contributed by atoms with E-state index in [0.717, 1.165) is 24.9 Å². The van der Waals surface area contributed by atoms with Crippen molar-refractivity contribution in [2.45, 2.75) is 65.3 Å². The van der Waals surface area contributed by atoms with E-state index in [-0.39, 0.29) is 0 Å². The van der Waals surface area contributed by atoms with Gasteiger partial charge in [0.2, 0.25) is 5.95 Å². The molecular weight excluding hydrogens is 310 g/mol. The third kappa shape index (κ3) is 5.84. The monoisotopic (exact) mass is 345 g/mol. The van der Waals surface area contributed by atoms with E-state index in [2.05, 4.69) is 46.9 Å². The maximum Gasteiger partial charge on any atom is 0.224 e. The minimum absolute atomic E-state index is 0.380. The molecule has 5 heteroatoms. The fraction of sp³-hybridized carbons (Fsp3) is 0.800. The maximum atomic E-state index is 4.80. The summed E-state index contributed by atoms with van der Waals surface area (Å²) >= 11 is 0. The van der Waals surface area contributed by atoms with E-state index in [1.165, 1.54) is 58.2 Å². The lowest BCUT2D eigenvalue weighted by molar-refractivity contribution is 0.158. The van der Waals surface area contributed by atoms with E-state index < -0.39 is 0 Å². The van der Waals surface area contributed by atoms with E-state index in [4.69, 9.17) is 4.98 Å². The molecule has 0 bridgehead atoms. The second-order valence-corrected chi connectivity index (χ2v) is 8.90. The first-order chi connectivity index (χ1) is 12.0. The van der Waals surface area contributed by atoms with Gasteiger partial charge in [0.05, 0.1) is 0 Å². The van der Waals surface area contributed by atoms with Crippen LogP contribution in [-0.2, 0) is 0 Å². The molecule has 3 heterocycles. The van der Waals surface area contributed by atoms with Crippen molar-refractivity contribution in [1.29, 1.82) is 0 Å². The predicted molar refractivity (Wildman–Crippen MR) is 105 cm³/mol. The van der Waals surface area contributed by atoms with Crippen molar-refractivity contribution in [3.63, 3.8) is 0 Å². The van der Waals surface area contributed by atoms with Crippen LogP contribution in [0.4, 0.5) is 11.8 Å². The van der Waals surface area contributed by atoms with Gasteiger partial charge in [0.25, 0.3) is 0 Å². The summed E-state index contributed by atoms with van der Waals surface area (Å²) in [5.74, 6) is 1.89. The van der Waals surface area contributed by atoms with Gasteiger partial charge in [-0.25, -0.2) is 4.98 Å². The molecule has 0 atom stereocenters. The topological polar surface area (TPSA) is 44.3 Å². The van der Waals surface area contributed by atoms with Crippen molar-refractivity contribution in [3.8, 4) is 0 Å². The van der Waals surface area contributed by atoms with Gasteiger partial charge in [-0.05, 0) is 37.2 Å². The molecule has 2 saturated heterocycles. The first-order valence-electron chi connectivity index (χ1n) is 10.1. The van der Waals surface area contributed by atoms with Gasteiger partial charge in [0, 0.05) is 45.0 Å². The highest BCUT2D eigenvalue weighted by Crippen LogP contribution is 2.22. The van der Waals surface area contributed by atoms with E-state index >= 15 is 0 Å². The molecule has 0 amide bonds. The predicted octanol–water partition coefficient (Wildman–Crippen LogP) is 3.78. The average Bonchev–Trinajstić information content (AvgIpc) is 2.85. The van der Waals surface area contributed by atoms with Crippen LogP contribution in [0, 0.1) is 5.41 Å². The smallest absolute Gasteiger partial charge is 0.224 e. The quantitative estimate of drug-likeness (QED) is 0.900. The molecule has 0 unspecified atom stereocenters. The van der Waals surface area contributed by atoms with Gasteiger partial charge >= 0.3 is 0 Å². The van der Waals surface area contributed by atoms with Crippen LogP contribution >= 0.6 is 0 Å². The van der Waals surface area contributed by atoms with Gasteiger partial charge in [0.1, 0.15) is 5.82 Å². The Morgan fingerprint density at radius 3 is 2.36 bits per heavy atom. The standard InChI is InChI=1S/C20H35N5/c1-20(2,3)16-24-14-9-17(10-15-24)22-19-21-11-8-18(23-19)25-12-6-4-5-7-13-25/h8,11,17H,4-7,9-10,12-16H2,1-3H3,(H,21,22,23). The second-order valence-electron chi connectivity index (χ2n) is 8.90. The number of anilines is 2. The summed E-state index contributed by atoms with van der Waals surface area (Å²) in [7, 11) is 0. The molecule has 0 aliphatic carbocycles. The van der Waals surface area contributed by atoms with Crippen LogP contribution < -0.4 is 10.2 Å². The van der Waals surface area contributed by atoms with Gasteiger partial charge in [-0.15, -0.1) is 0 Å². The summed E-state index contributed by atoms with van der Waals surface area (Å²) in [5.41, 5.74) is 0.380. The van der Waals surface area contributed by atoms with E-state index in [9.17, 15) is 0 Å². The van der Waals surface area contributed by atoms with Crippen LogP contribution in [0.3, 0.4) is 0 Å². The van der Waals surface area contributed by atoms with Crippen molar-refractivity contribution in [2.75, 3.05) is 42.9 Å². The summed E-state index contributed by atoms with van der Waals surface area (Å²) in [4.78, 5) is 14.3. The Morgan fingerprint density at radius 2 is 1.72 bits per heavy atom. The fourth-order valence-electron chi connectivity index (χ4n) is 3.98. The maximum absolute atomic E-state index is 4.80. The van der Waals surface area contributed by atoms with Crippen LogP contribution in [0.15, 0.2) is 12.3 Å². The summed E-state index contributed by atoms with van der Waals surface area (Å²) < 4.78 is 0. The molecule has 3 rings (SSSR count). The van der Waals surface area contributed by atoms with Crippen molar-refractivity contribution < 1.29 is 0 Å². The zero-order chi connectivity index (χ0) is 17.7. The zero-order valence-electron chi connectivity index (χ0n) is 16.3. The van der Waals surface area contributed by atoms with E-state index in [0.29, 0.717) is 11.5 Å². The normalized spacial score (nSPS) is 21.2. The molecule has 2 aliphatic heterocycles. The minimum Gasteiger partial charge on any atom is -0.356 e. The van der Waals surface area contributed by atoms with Crippen molar-refractivity contribution in [1.82, 2.24) is 14.9 Å². The lowest BCUT2D eigenvalue weighted by atomic mass is 9.94. The number of nitrogens with zero attached hydrogens (tertiary/aromatic N) is 4. The van der Waals surface area contributed by atoms with Gasteiger partial charge in [-0.2, -0.15) is 4.98 Å². The van der Waals surface area contributed by atoms with Crippen LogP contribution in [0.25, 0.3) is 0 Å². The van der Waals surface area contributed by atoms with Crippen LogP contribution in [0.5, 0.6) is 0 Å². The minimum atomic E-state index is 0.380. The van der Waals surface area contributed by atoms with Crippen molar-refractivity contribution >= 4 is 11.8 Å². The number of hydrogen-bond donors (Lipinski definition) is 1. The summed E-state index contributed by atoms with van der Waals surface area (Å²) in [5, 5.41) is 3.58. The number of likely N-dealkylation sites (tertiary alicyclic amines) is 1. The zero-order valence-corrected chi connectivity index (χ0v) is 16.3. The Kier molecular flexibility index (Phi) is 6.15. The SMILES string of the molecule is CC(C)(C)CN1CCC(Nc2nccc(N3CCCCCC3)n2)CC1. The summed E-state index contributed by atoms with van der Waals surface area (Å²) in [6.45, 7) is 12.7. The highest BCUT2D eigenvalue weighted by molar-refractivity contribution is 5.43. The average molecular weight is 346 g/mol. The van der Waals surface area contributed by atoms with Gasteiger partial charge in [0.15, 0.2) is 0 Å². The van der Waals surface area contributed by atoms with Crippen LogP contribution in [0.1, 0.15) is 59.3 Å². The molecule has 5 nitrogen and oxygen atoms in total. The molecule has 0 radical (unpaired) electrons. The van der Waals surface area contributed by atoms with Gasteiger partial charge in [-0.1, -0.05) is 33.6 Å². The van der Waals surface area contributed by atoms with E-state index in [1.807, 2.05) is 6.20 Å². The first-order valence-corrected chi connectivity index (χ1v) is 10.1. The Hall–Kier alpha value is -1.36. The molecule has 0 spiro atoms. The molecule has 1 aromatic heterocycles. The largest absolute Gasteiger partial charge is 0.356 e. The Balaban J connectivity index is 1.52. The van der Waals surface area contributed by atoms with Gasteiger partial charge in [-0.3, -0.25) is 0 Å². The van der Waals surface area contributed by atoms with Crippen molar-refractivity contribution in [3.05, 3.63) is 12.3 Å². The molecule has 140 valence electrons. The Labute approximate surface area is 153 Å². The van der Waals surface area contributed by atoms with Gasteiger partial charge < -0.3 is 15.1 Å².